The number of rotatable bonds is 6. The first kappa shape index (κ1) is 23.3. The molecule has 1 saturated heterocycles. The van der Waals surface area contributed by atoms with E-state index >= 15 is 0 Å². The lowest BCUT2D eigenvalue weighted by Crippen LogP contribution is -2.53. The summed E-state index contributed by atoms with van der Waals surface area (Å²) in [7, 11) is 1.68. The SMILES string of the molecule is COc1cccc(-c2csc(CN3CCN(C(=O)C4(c5ccc(Cl)cc5)CCCC4)CC3)n2)c1. The summed E-state index contributed by atoms with van der Waals surface area (Å²) in [5.74, 6) is 1.13. The van der Waals surface area contributed by atoms with Gasteiger partial charge in [-0.1, -0.05) is 48.7 Å². The molecule has 178 valence electrons. The smallest absolute Gasteiger partial charge is 0.233 e. The highest BCUT2D eigenvalue weighted by atomic mass is 35.5. The highest BCUT2D eigenvalue weighted by Gasteiger charge is 2.45. The van der Waals surface area contributed by atoms with Crippen molar-refractivity contribution in [3.8, 4) is 17.0 Å². The molecule has 1 aromatic heterocycles. The van der Waals surface area contributed by atoms with Crippen molar-refractivity contribution in [2.45, 2.75) is 37.6 Å². The monoisotopic (exact) mass is 495 g/mol. The first-order valence-electron chi connectivity index (χ1n) is 11.9. The molecule has 1 saturated carbocycles. The summed E-state index contributed by atoms with van der Waals surface area (Å²) in [4.78, 5) is 23.1. The van der Waals surface area contributed by atoms with Crippen LogP contribution in [0.2, 0.25) is 5.02 Å². The molecule has 2 aromatic carbocycles. The highest BCUT2D eigenvalue weighted by molar-refractivity contribution is 7.09. The first-order valence-corrected chi connectivity index (χ1v) is 13.2. The molecule has 2 fully saturated rings. The van der Waals surface area contributed by atoms with E-state index in [-0.39, 0.29) is 5.41 Å². The summed E-state index contributed by atoms with van der Waals surface area (Å²) in [5, 5.41) is 3.93. The van der Waals surface area contributed by atoms with Crippen LogP contribution >= 0.6 is 22.9 Å². The van der Waals surface area contributed by atoms with Crippen LogP contribution in [0.4, 0.5) is 0 Å². The maximum atomic E-state index is 13.7. The molecule has 1 aliphatic heterocycles. The van der Waals surface area contributed by atoms with Crippen LogP contribution in [0.3, 0.4) is 0 Å². The Hall–Kier alpha value is -2.41. The minimum Gasteiger partial charge on any atom is -0.497 e. The fraction of sp³-hybridized carbons (Fsp3) is 0.407. The molecule has 0 spiro atoms. The largest absolute Gasteiger partial charge is 0.497 e. The third kappa shape index (κ3) is 4.72. The quantitative estimate of drug-likeness (QED) is 0.444. The second kappa shape index (κ2) is 10.1. The molecule has 5 rings (SSSR count). The molecule has 0 N–H and O–H groups in total. The highest BCUT2D eigenvalue weighted by Crippen LogP contribution is 2.43. The summed E-state index contributed by atoms with van der Waals surface area (Å²) >= 11 is 7.81. The van der Waals surface area contributed by atoms with Gasteiger partial charge in [0.05, 0.1) is 24.8 Å². The molecular weight excluding hydrogens is 466 g/mol. The molecule has 7 heteroatoms. The van der Waals surface area contributed by atoms with Crippen LogP contribution in [-0.4, -0.2) is 54.0 Å². The van der Waals surface area contributed by atoms with E-state index in [9.17, 15) is 4.79 Å². The summed E-state index contributed by atoms with van der Waals surface area (Å²) in [6.07, 6.45) is 4.07. The molecule has 1 amide bonds. The third-order valence-corrected chi connectivity index (χ3v) is 8.28. The summed E-state index contributed by atoms with van der Waals surface area (Å²) in [6, 6.07) is 15.9. The number of thiazole rings is 1. The number of hydrogen-bond acceptors (Lipinski definition) is 5. The second-order valence-electron chi connectivity index (χ2n) is 9.22. The number of piperazine rings is 1. The van der Waals surface area contributed by atoms with Gasteiger partial charge < -0.3 is 9.64 Å². The predicted molar refractivity (Wildman–Crippen MR) is 138 cm³/mol. The van der Waals surface area contributed by atoms with Crippen molar-refractivity contribution in [1.29, 1.82) is 0 Å². The van der Waals surface area contributed by atoms with Crippen molar-refractivity contribution in [2.75, 3.05) is 33.3 Å². The van der Waals surface area contributed by atoms with Crippen LogP contribution in [-0.2, 0) is 16.8 Å². The lowest BCUT2D eigenvalue weighted by molar-refractivity contribution is -0.139. The fourth-order valence-corrected chi connectivity index (χ4v) is 6.25. The lowest BCUT2D eigenvalue weighted by Gasteiger charge is -2.40. The topological polar surface area (TPSA) is 45.7 Å². The van der Waals surface area contributed by atoms with Gasteiger partial charge in [-0.2, -0.15) is 0 Å². The van der Waals surface area contributed by atoms with Gasteiger partial charge in [-0.3, -0.25) is 9.69 Å². The zero-order valence-corrected chi connectivity index (χ0v) is 21.1. The van der Waals surface area contributed by atoms with E-state index in [4.69, 9.17) is 21.3 Å². The van der Waals surface area contributed by atoms with E-state index in [1.165, 1.54) is 0 Å². The number of hydrogen-bond donors (Lipinski definition) is 0. The maximum absolute atomic E-state index is 13.7. The van der Waals surface area contributed by atoms with Crippen LogP contribution < -0.4 is 4.74 Å². The average Bonchev–Trinajstić information content (AvgIpc) is 3.56. The van der Waals surface area contributed by atoms with Gasteiger partial charge in [-0.05, 0) is 42.7 Å². The molecule has 0 radical (unpaired) electrons. The molecule has 5 nitrogen and oxygen atoms in total. The zero-order valence-electron chi connectivity index (χ0n) is 19.5. The zero-order chi connectivity index (χ0) is 23.5. The van der Waals surface area contributed by atoms with E-state index in [1.807, 2.05) is 42.5 Å². The number of halogens is 1. The lowest BCUT2D eigenvalue weighted by atomic mass is 9.77. The Balaban J connectivity index is 1.21. The Bertz CT molecular complexity index is 1130. The number of methoxy groups -OCH3 is 1. The van der Waals surface area contributed by atoms with E-state index in [0.717, 1.165) is 91.0 Å². The van der Waals surface area contributed by atoms with Gasteiger partial charge in [0.2, 0.25) is 5.91 Å². The van der Waals surface area contributed by atoms with Crippen molar-refractivity contribution in [3.63, 3.8) is 0 Å². The second-order valence-corrected chi connectivity index (χ2v) is 10.6. The number of amides is 1. The van der Waals surface area contributed by atoms with Crippen molar-refractivity contribution in [1.82, 2.24) is 14.8 Å². The van der Waals surface area contributed by atoms with Gasteiger partial charge in [0.1, 0.15) is 10.8 Å². The van der Waals surface area contributed by atoms with Crippen molar-refractivity contribution in [2.24, 2.45) is 0 Å². The van der Waals surface area contributed by atoms with Gasteiger partial charge >= 0.3 is 0 Å². The van der Waals surface area contributed by atoms with Crippen molar-refractivity contribution in [3.05, 3.63) is 69.5 Å². The van der Waals surface area contributed by atoms with Gasteiger partial charge in [0, 0.05) is 42.1 Å². The van der Waals surface area contributed by atoms with E-state index < -0.39 is 0 Å². The summed E-state index contributed by atoms with van der Waals surface area (Å²) in [6.45, 7) is 4.09. The van der Waals surface area contributed by atoms with E-state index in [0.29, 0.717) is 5.91 Å². The number of ether oxygens (including phenoxy) is 1. The van der Waals surface area contributed by atoms with Crippen molar-refractivity contribution >= 4 is 28.8 Å². The molecule has 2 aliphatic rings. The van der Waals surface area contributed by atoms with Gasteiger partial charge in [-0.25, -0.2) is 4.98 Å². The molecule has 0 bridgehead atoms. The van der Waals surface area contributed by atoms with Crippen molar-refractivity contribution < 1.29 is 9.53 Å². The Morgan fingerprint density at radius 1 is 1.09 bits per heavy atom. The first-order chi connectivity index (χ1) is 16.6. The number of aromatic nitrogens is 1. The third-order valence-electron chi connectivity index (χ3n) is 7.20. The molecule has 2 heterocycles. The van der Waals surface area contributed by atoms with Gasteiger partial charge in [-0.15, -0.1) is 11.3 Å². The molecule has 1 aliphatic carbocycles. The van der Waals surface area contributed by atoms with Crippen LogP contribution in [0, 0.1) is 0 Å². The number of nitrogens with zero attached hydrogens (tertiary/aromatic N) is 3. The molecular formula is C27H30ClN3O2S. The fourth-order valence-electron chi connectivity index (χ4n) is 5.28. The number of carbonyl (C=O) groups excluding carboxylic acids is 1. The minimum absolute atomic E-state index is 0.293. The summed E-state index contributed by atoms with van der Waals surface area (Å²) in [5.41, 5.74) is 2.79. The standard InChI is InChI=1S/C27H30ClN3O2S/c1-33-23-6-4-5-20(17-23)24-19-34-25(29-24)18-30-13-15-31(16-14-30)26(32)27(11-2-3-12-27)21-7-9-22(28)10-8-21/h4-10,17,19H,2-3,11-16,18H2,1H3. The Morgan fingerprint density at radius 2 is 1.82 bits per heavy atom. The van der Waals surface area contributed by atoms with Crippen LogP contribution in [0.5, 0.6) is 5.75 Å². The Kier molecular flexibility index (Phi) is 6.91. The Morgan fingerprint density at radius 3 is 2.53 bits per heavy atom. The van der Waals surface area contributed by atoms with Crippen LogP contribution in [0.1, 0.15) is 36.3 Å². The minimum atomic E-state index is -0.381. The number of benzene rings is 2. The molecule has 0 unspecified atom stereocenters. The van der Waals surface area contributed by atoms with Gasteiger partial charge in [0.25, 0.3) is 0 Å². The maximum Gasteiger partial charge on any atom is 0.233 e. The molecule has 34 heavy (non-hydrogen) atoms. The summed E-state index contributed by atoms with van der Waals surface area (Å²) < 4.78 is 5.34. The van der Waals surface area contributed by atoms with E-state index in [2.05, 4.69) is 21.2 Å². The van der Waals surface area contributed by atoms with Crippen LogP contribution in [0.25, 0.3) is 11.3 Å². The predicted octanol–water partition coefficient (Wildman–Crippen LogP) is 5.63. The normalized spacial score (nSPS) is 18.2. The molecule has 0 atom stereocenters. The Labute approximate surface area is 210 Å². The number of carbonyl (C=O) groups is 1. The van der Waals surface area contributed by atoms with E-state index in [1.54, 1.807) is 18.4 Å². The molecule has 3 aromatic rings. The average molecular weight is 496 g/mol. The van der Waals surface area contributed by atoms with Crippen LogP contribution in [0.15, 0.2) is 53.9 Å². The van der Waals surface area contributed by atoms with Gasteiger partial charge in [0.15, 0.2) is 0 Å².